The molecule has 0 saturated carbocycles. The average molecular weight is 501 g/mol. The molecule has 3 aromatic rings. The van der Waals surface area contributed by atoms with Gasteiger partial charge in [-0.2, -0.15) is 0 Å². The van der Waals surface area contributed by atoms with Crippen molar-refractivity contribution in [3.05, 3.63) is 64.6 Å². The second kappa shape index (κ2) is 11.2. The number of anilines is 2. The summed E-state index contributed by atoms with van der Waals surface area (Å²) in [5, 5.41) is 22.7. The average Bonchev–Trinajstić information content (AvgIpc) is 3.28. The molecule has 1 unspecified atom stereocenters. The number of primary amides is 1. The molecule has 186 valence electrons. The highest BCUT2D eigenvalue weighted by Crippen LogP contribution is 2.38. The van der Waals surface area contributed by atoms with E-state index in [-0.39, 0.29) is 24.7 Å². The summed E-state index contributed by atoms with van der Waals surface area (Å²) in [5.74, 6) is -0.764. The first-order valence-corrected chi connectivity index (χ1v) is 12.2. The van der Waals surface area contributed by atoms with E-state index >= 15 is 0 Å². The molecule has 10 heteroatoms. The maximum absolute atomic E-state index is 14.9. The number of nitrogens with one attached hydrogen (secondary N) is 1. The van der Waals surface area contributed by atoms with Crippen molar-refractivity contribution in [2.75, 3.05) is 38.2 Å². The van der Waals surface area contributed by atoms with Crippen LogP contribution in [0.2, 0.25) is 0 Å². The van der Waals surface area contributed by atoms with Crippen LogP contribution in [0.25, 0.3) is 10.4 Å². The number of amides is 1. The van der Waals surface area contributed by atoms with E-state index in [9.17, 15) is 19.4 Å². The second-order valence-corrected chi connectivity index (χ2v) is 9.57. The number of morpholine rings is 1. The van der Waals surface area contributed by atoms with Crippen LogP contribution in [0.15, 0.2) is 36.4 Å². The minimum absolute atomic E-state index is 0.0761. The summed E-state index contributed by atoms with van der Waals surface area (Å²) in [6.07, 6.45) is 0. The zero-order valence-electron chi connectivity index (χ0n) is 19.5. The molecule has 4 rings (SSSR count). The van der Waals surface area contributed by atoms with E-state index in [1.165, 1.54) is 17.4 Å². The van der Waals surface area contributed by atoms with Crippen LogP contribution < -0.4 is 11.1 Å². The van der Waals surface area contributed by atoms with E-state index < -0.39 is 11.7 Å². The number of pyridine rings is 1. The normalized spacial score (nSPS) is 15.2. The highest BCUT2D eigenvalue weighted by molar-refractivity contribution is 7.19. The Morgan fingerprint density at radius 3 is 2.69 bits per heavy atom. The number of aromatic nitrogens is 1. The van der Waals surface area contributed by atoms with Gasteiger partial charge in [-0.05, 0) is 23.8 Å². The van der Waals surface area contributed by atoms with Crippen LogP contribution in [0.3, 0.4) is 0 Å². The van der Waals surface area contributed by atoms with E-state index in [4.69, 9.17) is 10.5 Å². The fraction of sp³-hybridized carbons (Fsp3) is 0.360. The number of carbonyl (C=O) groups is 1. The molecule has 0 radical (unpaired) electrons. The number of rotatable bonds is 9. The molecular weight excluding hydrogens is 471 g/mol. The lowest BCUT2D eigenvalue weighted by atomic mass is 9.99. The van der Waals surface area contributed by atoms with Gasteiger partial charge in [-0.25, -0.2) is 9.37 Å². The maximum atomic E-state index is 14.9. The summed E-state index contributed by atoms with van der Waals surface area (Å²) in [7, 11) is 0. The van der Waals surface area contributed by atoms with Crippen LogP contribution in [0.1, 0.15) is 40.0 Å². The van der Waals surface area contributed by atoms with Crippen molar-refractivity contribution in [1.29, 1.82) is 0 Å². The van der Waals surface area contributed by atoms with E-state index in [1.807, 2.05) is 6.92 Å². The fourth-order valence-corrected chi connectivity index (χ4v) is 5.01. The number of nitrogens with zero attached hydrogens (tertiary/aromatic N) is 2. The molecule has 0 spiro atoms. The van der Waals surface area contributed by atoms with Gasteiger partial charge in [0, 0.05) is 48.2 Å². The van der Waals surface area contributed by atoms with Crippen molar-refractivity contribution in [2.45, 2.75) is 26.0 Å². The van der Waals surface area contributed by atoms with Crippen LogP contribution in [0.4, 0.5) is 15.2 Å². The Kier molecular flexibility index (Phi) is 8.09. The predicted octanol–water partition coefficient (Wildman–Crippen LogP) is 3.21. The quantitative estimate of drug-likeness (QED) is 0.356. The number of ether oxygens (including phenoxy) is 1. The molecular formula is C25H29FN4O4S. The van der Waals surface area contributed by atoms with Crippen molar-refractivity contribution >= 4 is 28.1 Å². The zero-order valence-corrected chi connectivity index (χ0v) is 20.3. The van der Waals surface area contributed by atoms with Gasteiger partial charge >= 0.3 is 0 Å². The molecule has 2 aromatic heterocycles. The Balaban J connectivity index is 1.62. The molecule has 1 aromatic carbocycles. The lowest BCUT2D eigenvalue weighted by Crippen LogP contribution is -2.36. The highest BCUT2D eigenvalue weighted by Gasteiger charge is 2.20. The lowest BCUT2D eigenvalue weighted by Gasteiger charge is -2.27. The lowest BCUT2D eigenvalue weighted by molar-refractivity contribution is 0.0334. The summed E-state index contributed by atoms with van der Waals surface area (Å²) < 4.78 is 20.3. The number of benzene rings is 1. The van der Waals surface area contributed by atoms with Crippen LogP contribution >= 0.6 is 11.3 Å². The molecule has 1 fully saturated rings. The summed E-state index contributed by atoms with van der Waals surface area (Å²) in [4.78, 5) is 19.6. The molecule has 3 heterocycles. The number of hydrogen-bond donors (Lipinski definition) is 4. The fourth-order valence-electron chi connectivity index (χ4n) is 3.91. The van der Waals surface area contributed by atoms with Gasteiger partial charge in [0.2, 0.25) is 0 Å². The first kappa shape index (κ1) is 25.2. The number of aliphatic hydroxyl groups excluding tert-OH is 2. The van der Waals surface area contributed by atoms with Gasteiger partial charge < -0.3 is 26.0 Å². The third-order valence-electron chi connectivity index (χ3n) is 6.06. The number of aliphatic hydroxyl groups is 2. The molecule has 0 bridgehead atoms. The third-order valence-corrected chi connectivity index (χ3v) is 7.14. The van der Waals surface area contributed by atoms with Crippen LogP contribution in [0.5, 0.6) is 0 Å². The first-order chi connectivity index (χ1) is 16.9. The van der Waals surface area contributed by atoms with Crippen molar-refractivity contribution in [1.82, 2.24) is 9.88 Å². The van der Waals surface area contributed by atoms with E-state index in [2.05, 4.69) is 15.2 Å². The van der Waals surface area contributed by atoms with Gasteiger partial charge in [-0.15, -0.1) is 11.3 Å². The van der Waals surface area contributed by atoms with Crippen LogP contribution in [-0.2, 0) is 17.9 Å². The molecule has 1 atom stereocenters. The molecule has 35 heavy (non-hydrogen) atoms. The van der Waals surface area contributed by atoms with Gasteiger partial charge in [-0.3, -0.25) is 9.69 Å². The summed E-state index contributed by atoms with van der Waals surface area (Å²) >= 11 is 1.20. The summed E-state index contributed by atoms with van der Waals surface area (Å²) in [5.41, 5.74) is 8.34. The van der Waals surface area contributed by atoms with Crippen molar-refractivity contribution < 1.29 is 24.1 Å². The van der Waals surface area contributed by atoms with Gasteiger partial charge in [0.1, 0.15) is 16.6 Å². The highest BCUT2D eigenvalue weighted by atomic mass is 32.1. The zero-order chi connectivity index (χ0) is 24.9. The Morgan fingerprint density at radius 1 is 1.26 bits per heavy atom. The number of halogens is 1. The van der Waals surface area contributed by atoms with Gasteiger partial charge in [-0.1, -0.05) is 25.1 Å². The predicted molar refractivity (Wildman–Crippen MR) is 133 cm³/mol. The first-order valence-electron chi connectivity index (χ1n) is 11.4. The van der Waals surface area contributed by atoms with Crippen LogP contribution in [-0.4, -0.2) is 58.9 Å². The molecule has 1 amide bonds. The minimum atomic E-state index is -0.638. The van der Waals surface area contributed by atoms with Crippen molar-refractivity contribution in [3.63, 3.8) is 0 Å². The molecule has 0 aliphatic carbocycles. The Hall–Kier alpha value is -2.89. The van der Waals surface area contributed by atoms with Crippen molar-refractivity contribution in [3.8, 4) is 10.4 Å². The third kappa shape index (κ3) is 5.85. The maximum Gasteiger partial charge on any atom is 0.251 e. The SMILES string of the molecule is CC(CO)c1ccc(-c2cc(C(N)=O)c(Nc3ccc(CO)c(CN4CCOCC4)n3)s2)c(F)c1. The molecule has 8 nitrogen and oxygen atoms in total. The number of nitrogens with two attached hydrogens (primary N) is 1. The van der Waals surface area contributed by atoms with E-state index in [0.717, 1.165) is 24.3 Å². The molecule has 1 saturated heterocycles. The second-order valence-electron chi connectivity index (χ2n) is 8.51. The Labute approximate surface area is 207 Å². The Bertz CT molecular complexity index is 1200. The van der Waals surface area contributed by atoms with Crippen molar-refractivity contribution in [2.24, 2.45) is 5.73 Å². The standard InChI is InChI=1S/C25H29FN4O4S/c1-15(13-31)16-2-4-18(20(26)10-16)22-11-19(24(27)33)25(35-22)29-23-5-3-17(14-32)21(28-23)12-30-6-8-34-9-7-30/h2-5,10-11,15,31-32H,6-9,12-14H2,1H3,(H2,27,33)(H,28,29). The number of carbonyl (C=O) groups excluding carboxylic acids is 1. The molecule has 1 aliphatic heterocycles. The van der Waals surface area contributed by atoms with Crippen LogP contribution in [0, 0.1) is 5.82 Å². The van der Waals surface area contributed by atoms with Gasteiger partial charge in [0.25, 0.3) is 5.91 Å². The van der Waals surface area contributed by atoms with Gasteiger partial charge in [0.05, 0.1) is 31.1 Å². The largest absolute Gasteiger partial charge is 0.396 e. The number of thiophene rings is 1. The van der Waals surface area contributed by atoms with Gasteiger partial charge in [0.15, 0.2) is 0 Å². The summed E-state index contributed by atoms with van der Waals surface area (Å²) in [6, 6.07) is 9.91. The summed E-state index contributed by atoms with van der Waals surface area (Å²) in [6.45, 7) is 5.05. The smallest absolute Gasteiger partial charge is 0.251 e. The van der Waals surface area contributed by atoms with E-state index in [0.29, 0.717) is 46.6 Å². The monoisotopic (exact) mass is 500 g/mol. The van der Waals surface area contributed by atoms with E-state index in [1.54, 1.807) is 30.3 Å². The number of hydrogen-bond acceptors (Lipinski definition) is 8. The topological polar surface area (TPSA) is 121 Å². The molecule has 5 N–H and O–H groups in total. The molecule has 1 aliphatic rings. The Morgan fingerprint density at radius 2 is 2.03 bits per heavy atom. The minimum Gasteiger partial charge on any atom is -0.396 e.